The highest BCUT2D eigenvalue weighted by Gasteiger charge is 2.25. The molecule has 0 spiro atoms. The Hall–Kier alpha value is -3.39. The van der Waals surface area contributed by atoms with Crippen molar-refractivity contribution in [3.05, 3.63) is 66.0 Å². The van der Waals surface area contributed by atoms with Crippen molar-refractivity contribution >= 4 is 34.1 Å². The quantitative estimate of drug-likeness (QED) is 0.583. The second-order valence-corrected chi connectivity index (χ2v) is 7.81. The molecule has 0 radical (unpaired) electrons. The average Bonchev–Trinajstić information content (AvgIpc) is 3.47. The Morgan fingerprint density at radius 3 is 2.86 bits per heavy atom. The Morgan fingerprint density at radius 2 is 2.07 bits per heavy atom. The molecule has 1 aromatic carbocycles. The maximum absolute atomic E-state index is 12.4. The summed E-state index contributed by atoms with van der Waals surface area (Å²) in [6, 6.07) is 7.52. The Kier molecular flexibility index (Phi) is 5.44. The molecule has 8 heteroatoms. The zero-order valence-corrected chi connectivity index (χ0v) is 16.4. The largest absolute Gasteiger partial charge is 0.306 e. The molecule has 3 aromatic rings. The van der Waals surface area contributed by atoms with E-state index in [1.54, 1.807) is 17.5 Å². The Labute approximate surface area is 171 Å². The minimum Gasteiger partial charge on any atom is -0.306 e. The summed E-state index contributed by atoms with van der Waals surface area (Å²) in [7, 11) is 0. The van der Waals surface area contributed by atoms with E-state index in [0.717, 1.165) is 11.1 Å². The molecule has 29 heavy (non-hydrogen) atoms. The van der Waals surface area contributed by atoms with Gasteiger partial charge in [0.2, 0.25) is 11.8 Å². The number of amides is 2. The number of nitrogens with one attached hydrogen (secondary N) is 2. The van der Waals surface area contributed by atoms with Crippen LogP contribution in [0.3, 0.4) is 0 Å². The summed E-state index contributed by atoms with van der Waals surface area (Å²) in [6.07, 6.45) is 8.75. The van der Waals surface area contributed by atoms with Gasteiger partial charge in [-0.3, -0.25) is 14.6 Å². The number of thiazole rings is 1. The smallest absolute Gasteiger partial charge is 0.248 e. The van der Waals surface area contributed by atoms with Crippen molar-refractivity contribution in [2.24, 2.45) is 0 Å². The van der Waals surface area contributed by atoms with Gasteiger partial charge in [0, 0.05) is 16.6 Å². The highest BCUT2D eigenvalue weighted by Crippen LogP contribution is 2.43. The minimum atomic E-state index is -0.353. The van der Waals surface area contributed by atoms with Gasteiger partial charge in [-0.1, -0.05) is 24.8 Å². The molecule has 2 heterocycles. The molecular weight excluding hydrogens is 386 g/mol. The zero-order chi connectivity index (χ0) is 20.2. The molecule has 0 atom stereocenters. The summed E-state index contributed by atoms with van der Waals surface area (Å²) >= 11 is 1.55. The topological polar surface area (TPSA) is 96.9 Å². The van der Waals surface area contributed by atoms with Gasteiger partial charge in [0.05, 0.1) is 24.5 Å². The van der Waals surface area contributed by atoms with Crippen molar-refractivity contribution in [3.8, 4) is 11.3 Å². The molecule has 2 aromatic heterocycles. The first kappa shape index (κ1) is 18.9. The van der Waals surface area contributed by atoms with E-state index in [1.807, 2.05) is 30.5 Å². The van der Waals surface area contributed by atoms with Gasteiger partial charge in [0.1, 0.15) is 0 Å². The van der Waals surface area contributed by atoms with Crippen LogP contribution >= 0.6 is 11.3 Å². The van der Waals surface area contributed by atoms with E-state index >= 15 is 0 Å². The lowest BCUT2D eigenvalue weighted by atomic mass is 10.1. The van der Waals surface area contributed by atoms with Crippen molar-refractivity contribution in [3.63, 3.8) is 0 Å². The lowest BCUT2D eigenvalue weighted by Crippen LogP contribution is -2.14. The molecule has 0 aliphatic heterocycles. The van der Waals surface area contributed by atoms with Crippen LogP contribution < -0.4 is 10.6 Å². The summed E-state index contributed by atoms with van der Waals surface area (Å²) in [4.78, 5) is 37.9. The van der Waals surface area contributed by atoms with Gasteiger partial charge in [0.25, 0.3) is 0 Å². The Morgan fingerprint density at radius 1 is 1.21 bits per heavy atom. The van der Waals surface area contributed by atoms with Gasteiger partial charge >= 0.3 is 0 Å². The molecule has 1 saturated carbocycles. The lowest BCUT2D eigenvalue weighted by molar-refractivity contribution is -0.115. The van der Waals surface area contributed by atoms with Crippen LogP contribution in [0.2, 0.25) is 0 Å². The van der Waals surface area contributed by atoms with Crippen molar-refractivity contribution in [1.29, 1.82) is 0 Å². The number of aromatic nitrogens is 3. The molecule has 0 saturated heterocycles. The number of benzene rings is 1. The minimum absolute atomic E-state index is 0.114. The van der Waals surface area contributed by atoms with E-state index in [1.165, 1.54) is 30.0 Å². The van der Waals surface area contributed by atoms with Crippen LogP contribution in [0.15, 0.2) is 55.5 Å². The number of carbonyl (C=O) groups excluding carboxylic acids is 2. The van der Waals surface area contributed by atoms with Crippen LogP contribution in [0.25, 0.3) is 11.3 Å². The third-order valence-corrected chi connectivity index (χ3v) is 5.48. The van der Waals surface area contributed by atoms with E-state index in [9.17, 15) is 9.59 Å². The summed E-state index contributed by atoms with van der Waals surface area (Å²) in [5.41, 5.74) is 2.26. The first-order valence-electron chi connectivity index (χ1n) is 9.21. The zero-order valence-electron chi connectivity index (χ0n) is 15.6. The van der Waals surface area contributed by atoms with E-state index in [-0.39, 0.29) is 18.2 Å². The van der Waals surface area contributed by atoms with E-state index in [0.29, 0.717) is 22.6 Å². The predicted molar refractivity (Wildman–Crippen MR) is 113 cm³/mol. The lowest BCUT2D eigenvalue weighted by Gasteiger charge is -2.07. The fraction of sp³-hybridized carbons (Fsp3) is 0.190. The van der Waals surface area contributed by atoms with Crippen molar-refractivity contribution in [2.45, 2.75) is 25.2 Å². The van der Waals surface area contributed by atoms with Gasteiger partial charge < -0.3 is 10.6 Å². The van der Waals surface area contributed by atoms with Gasteiger partial charge in [-0.15, -0.1) is 11.3 Å². The highest BCUT2D eigenvalue weighted by molar-refractivity contribution is 7.15. The van der Waals surface area contributed by atoms with Crippen molar-refractivity contribution in [1.82, 2.24) is 15.0 Å². The van der Waals surface area contributed by atoms with Crippen LogP contribution in [-0.2, 0) is 16.0 Å². The Bertz CT molecular complexity index is 1070. The third kappa shape index (κ3) is 4.91. The van der Waals surface area contributed by atoms with Gasteiger partial charge in [-0.2, -0.15) is 0 Å². The molecule has 0 bridgehead atoms. The number of rotatable bonds is 7. The van der Waals surface area contributed by atoms with E-state index in [4.69, 9.17) is 0 Å². The van der Waals surface area contributed by atoms with E-state index < -0.39 is 0 Å². The van der Waals surface area contributed by atoms with Gasteiger partial charge in [-0.25, -0.2) is 9.97 Å². The monoisotopic (exact) mass is 405 g/mol. The SMILES string of the molecule is C=CC(=O)Nc1cncc(-c2cccc(CC(=O)Nc3ncc(C4CC4)s3)c2)n1. The number of hydrogen-bond acceptors (Lipinski definition) is 6. The predicted octanol–water partition coefficient (Wildman–Crippen LogP) is 3.78. The molecule has 7 nitrogen and oxygen atoms in total. The number of carbonyl (C=O) groups is 2. The first-order chi connectivity index (χ1) is 14.1. The third-order valence-electron chi connectivity index (χ3n) is 4.41. The second-order valence-electron chi connectivity index (χ2n) is 6.75. The number of nitrogens with zero attached hydrogens (tertiary/aromatic N) is 3. The van der Waals surface area contributed by atoms with Crippen LogP contribution in [-0.4, -0.2) is 26.8 Å². The van der Waals surface area contributed by atoms with Crippen molar-refractivity contribution < 1.29 is 9.59 Å². The fourth-order valence-corrected chi connectivity index (χ4v) is 3.83. The van der Waals surface area contributed by atoms with E-state index in [2.05, 4.69) is 32.2 Å². The maximum atomic E-state index is 12.4. The summed E-state index contributed by atoms with van der Waals surface area (Å²) in [5.74, 6) is 0.500. The maximum Gasteiger partial charge on any atom is 0.248 e. The summed E-state index contributed by atoms with van der Waals surface area (Å²) < 4.78 is 0. The first-order valence-corrected chi connectivity index (χ1v) is 10.0. The summed E-state index contributed by atoms with van der Waals surface area (Å²) in [5, 5.41) is 6.11. The molecule has 0 unspecified atom stereocenters. The van der Waals surface area contributed by atoms with Crippen LogP contribution in [0.4, 0.5) is 10.9 Å². The van der Waals surface area contributed by atoms with Crippen LogP contribution in [0.1, 0.15) is 29.2 Å². The fourth-order valence-electron chi connectivity index (χ4n) is 2.83. The molecular formula is C21H19N5O2S. The van der Waals surface area contributed by atoms with Crippen molar-refractivity contribution in [2.75, 3.05) is 10.6 Å². The highest BCUT2D eigenvalue weighted by atomic mass is 32.1. The molecule has 1 aliphatic carbocycles. The second kappa shape index (κ2) is 8.32. The average molecular weight is 405 g/mol. The standard InChI is InChI=1S/C21H19N5O2S/c1-2-19(27)25-18-12-22-10-16(24-18)15-5-3-4-13(8-15)9-20(28)26-21-23-11-17(29-21)14-6-7-14/h2-5,8,10-12,14H,1,6-7,9H2,(H,23,26,28)(H,24,25,27). The summed E-state index contributed by atoms with van der Waals surface area (Å²) in [6.45, 7) is 3.42. The molecule has 2 amide bonds. The number of hydrogen-bond donors (Lipinski definition) is 2. The molecule has 1 fully saturated rings. The molecule has 2 N–H and O–H groups in total. The molecule has 146 valence electrons. The number of anilines is 2. The van der Waals surface area contributed by atoms with Crippen LogP contribution in [0.5, 0.6) is 0 Å². The van der Waals surface area contributed by atoms with Crippen LogP contribution in [0, 0.1) is 0 Å². The Balaban J connectivity index is 1.44. The molecule has 4 rings (SSSR count). The van der Waals surface area contributed by atoms with Gasteiger partial charge in [0.15, 0.2) is 10.9 Å². The molecule has 1 aliphatic rings. The van der Waals surface area contributed by atoms with Gasteiger partial charge in [-0.05, 0) is 36.5 Å². The normalized spacial score (nSPS) is 13.0.